The molecule has 0 unspecified atom stereocenters. The average molecular weight is 341 g/mol. The standard InChI is InChI=1S/C18H19N3O4/c1-23-14-3-4-15(16(11-14)24-2)21-6-5-13(12-19)17(21)18(22)20-7-9-25-10-8-20/h3-6,11H,7-10H2,1-2H3. The van der Waals surface area contributed by atoms with E-state index in [2.05, 4.69) is 6.07 Å². The number of ether oxygens (including phenoxy) is 3. The third-order valence-electron chi connectivity index (χ3n) is 4.15. The van der Waals surface area contributed by atoms with Crippen molar-refractivity contribution >= 4 is 5.91 Å². The van der Waals surface area contributed by atoms with Crippen LogP contribution in [0.5, 0.6) is 11.5 Å². The first-order chi connectivity index (χ1) is 12.2. The Morgan fingerprint density at radius 2 is 1.96 bits per heavy atom. The summed E-state index contributed by atoms with van der Waals surface area (Å²) in [7, 11) is 3.13. The number of carbonyl (C=O) groups is 1. The molecule has 0 saturated carbocycles. The van der Waals surface area contributed by atoms with Crippen molar-refractivity contribution in [2.45, 2.75) is 0 Å². The first-order valence-electron chi connectivity index (χ1n) is 7.90. The molecule has 130 valence electrons. The topological polar surface area (TPSA) is 76.7 Å². The molecule has 0 radical (unpaired) electrons. The van der Waals surface area contributed by atoms with E-state index in [4.69, 9.17) is 14.2 Å². The van der Waals surface area contributed by atoms with Crippen LogP contribution in [0.2, 0.25) is 0 Å². The first-order valence-corrected chi connectivity index (χ1v) is 7.90. The van der Waals surface area contributed by atoms with Crippen molar-refractivity contribution in [2.24, 2.45) is 0 Å². The molecule has 0 spiro atoms. The van der Waals surface area contributed by atoms with Crippen molar-refractivity contribution < 1.29 is 19.0 Å². The van der Waals surface area contributed by atoms with Gasteiger partial charge in [0.05, 0.1) is 38.7 Å². The van der Waals surface area contributed by atoms with Crippen LogP contribution in [0.1, 0.15) is 16.1 Å². The molecule has 1 aliphatic heterocycles. The molecular formula is C18H19N3O4. The number of morpholine rings is 1. The lowest BCUT2D eigenvalue weighted by Crippen LogP contribution is -2.41. The second-order valence-corrected chi connectivity index (χ2v) is 5.50. The summed E-state index contributed by atoms with van der Waals surface area (Å²) >= 11 is 0. The Morgan fingerprint density at radius 3 is 2.60 bits per heavy atom. The highest BCUT2D eigenvalue weighted by Gasteiger charge is 2.26. The lowest BCUT2D eigenvalue weighted by molar-refractivity contribution is 0.0297. The van der Waals surface area contributed by atoms with Crippen LogP contribution in [0.25, 0.3) is 5.69 Å². The quantitative estimate of drug-likeness (QED) is 0.848. The van der Waals surface area contributed by atoms with Gasteiger partial charge in [-0.3, -0.25) is 4.79 Å². The Labute approximate surface area is 145 Å². The predicted octanol–water partition coefficient (Wildman–Crippen LogP) is 1.84. The minimum absolute atomic E-state index is 0.192. The van der Waals surface area contributed by atoms with Gasteiger partial charge in [0, 0.05) is 25.4 Å². The van der Waals surface area contributed by atoms with Gasteiger partial charge >= 0.3 is 0 Å². The van der Waals surface area contributed by atoms with E-state index in [0.29, 0.717) is 54.7 Å². The van der Waals surface area contributed by atoms with Gasteiger partial charge in [0.2, 0.25) is 0 Å². The van der Waals surface area contributed by atoms with Crippen LogP contribution in [-0.2, 0) is 4.74 Å². The van der Waals surface area contributed by atoms with E-state index < -0.39 is 0 Å². The summed E-state index contributed by atoms with van der Waals surface area (Å²) in [6, 6.07) is 9.06. The fraction of sp³-hybridized carbons (Fsp3) is 0.333. The molecule has 1 amide bonds. The van der Waals surface area contributed by atoms with Crippen LogP contribution in [0.3, 0.4) is 0 Å². The molecule has 0 aliphatic carbocycles. The summed E-state index contributed by atoms with van der Waals surface area (Å²) in [6.07, 6.45) is 1.70. The number of amides is 1. The van der Waals surface area contributed by atoms with Crippen LogP contribution in [-0.4, -0.2) is 55.9 Å². The van der Waals surface area contributed by atoms with E-state index in [1.807, 2.05) is 0 Å². The van der Waals surface area contributed by atoms with Gasteiger partial charge in [0.25, 0.3) is 5.91 Å². The minimum Gasteiger partial charge on any atom is -0.497 e. The Morgan fingerprint density at radius 1 is 1.20 bits per heavy atom. The highest BCUT2D eigenvalue weighted by atomic mass is 16.5. The molecule has 3 rings (SSSR count). The van der Waals surface area contributed by atoms with E-state index in [0.717, 1.165) is 0 Å². The minimum atomic E-state index is -0.192. The van der Waals surface area contributed by atoms with Crippen molar-refractivity contribution in [3.05, 3.63) is 41.7 Å². The molecule has 0 bridgehead atoms. The van der Waals surface area contributed by atoms with Crippen LogP contribution >= 0.6 is 0 Å². The molecule has 7 nitrogen and oxygen atoms in total. The van der Waals surface area contributed by atoms with E-state index in [1.54, 1.807) is 54.1 Å². The maximum absolute atomic E-state index is 13.0. The summed E-state index contributed by atoms with van der Waals surface area (Å²) in [5.74, 6) is 1.01. The van der Waals surface area contributed by atoms with E-state index in [-0.39, 0.29) is 5.91 Å². The van der Waals surface area contributed by atoms with Gasteiger partial charge < -0.3 is 23.7 Å². The molecule has 2 aromatic rings. The smallest absolute Gasteiger partial charge is 0.272 e. The number of benzene rings is 1. The summed E-state index contributed by atoms with van der Waals surface area (Å²) < 4.78 is 17.6. The average Bonchev–Trinajstić information content (AvgIpc) is 3.11. The van der Waals surface area contributed by atoms with Crippen LogP contribution in [0.15, 0.2) is 30.5 Å². The molecule has 1 aromatic heterocycles. The second kappa shape index (κ2) is 7.28. The zero-order valence-corrected chi connectivity index (χ0v) is 14.2. The van der Waals surface area contributed by atoms with Gasteiger partial charge in [-0.25, -0.2) is 0 Å². The molecule has 0 atom stereocenters. The second-order valence-electron chi connectivity index (χ2n) is 5.50. The van der Waals surface area contributed by atoms with Crippen LogP contribution in [0.4, 0.5) is 0 Å². The number of hydrogen-bond donors (Lipinski definition) is 0. The lowest BCUT2D eigenvalue weighted by atomic mass is 10.2. The SMILES string of the molecule is COc1ccc(-n2ccc(C#N)c2C(=O)N2CCOCC2)c(OC)c1. The Hall–Kier alpha value is -2.98. The van der Waals surface area contributed by atoms with Crippen LogP contribution in [0, 0.1) is 11.3 Å². The van der Waals surface area contributed by atoms with Gasteiger partial charge in [0.15, 0.2) is 0 Å². The highest BCUT2D eigenvalue weighted by molar-refractivity contribution is 5.96. The Kier molecular flexibility index (Phi) is 4.91. The maximum atomic E-state index is 13.0. The molecule has 0 N–H and O–H groups in total. The summed E-state index contributed by atoms with van der Waals surface area (Å²) in [4.78, 5) is 14.7. The van der Waals surface area contributed by atoms with E-state index in [1.165, 1.54) is 0 Å². The van der Waals surface area contributed by atoms with E-state index >= 15 is 0 Å². The molecule has 2 heterocycles. The summed E-state index contributed by atoms with van der Waals surface area (Å²) in [5, 5.41) is 9.42. The molecule has 25 heavy (non-hydrogen) atoms. The monoisotopic (exact) mass is 341 g/mol. The van der Waals surface area contributed by atoms with Gasteiger partial charge in [-0.05, 0) is 18.2 Å². The Balaban J connectivity index is 2.08. The van der Waals surface area contributed by atoms with E-state index in [9.17, 15) is 10.1 Å². The molecule has 1 fully saturated rings. The predicted molar refractivity (Wildman–Crippen MR) is 90.3 cm³/mol. The zero-order chi connectivity index (χ0) is 17.8. The normalized spacial score (nSPS) is 14.0. The van der Waals surface area contributed by atoms with Crippen molar-refractivity contribution in [3.63, 3.8) is 0 Å². The summed E-state index contributed by atoms with van der Waals surface area (Å²) in [5.41, 5.74) is 1.32. The number of carbonyl (C=O) groups excluding carboxylic acids is 1. The molecule has 1 aromatic carbocycles. The summed E-state index contributed by atoms with van der Waals surface area (Å²) in [6.45, 7) is 2.02. The largest absolute Gasteiger partial charge is 0.497 e. The lowest BCUT2D eigenvalue weighted by Gasteiger charge is -2.27. The molecule has 1 saturated heterocycles. The molecule has 1 aliphatic rings. The van der Waals surface area contributed by atoms with Crippen molar-refractivity contribution in [3.8, 4) is 23.3 Å². The van der Waals surface area contributed by atoms with Crippen molar-refractivity contribution in [1.82, 2.24) is 9.47 Å². The van der Waals surface area contributed by atoms with Gasteiger partial charge in [-0.2, -0.15) is 5.26 Å². The van der Waals surface area contributed by atoms with Crippen LogP contribution < -0.4 is 9.47 Å². The number of nitrogens with zero attached hydrogens (tertiary/aromatic N) is 3. The maximum Gasteiger partial charge on any atom is 0.272 e. The highest BCUT2D eigenvalue weighted by Crippen LogP contribution is 2.30. The van der Waals surface area contributed by atoms with Crippen molar-refractivity contribution in [1.29, 1.82) is 5.26 Å². The number of hydrogen-bond acceptors (Lipinski definition) is 5. The number of methoxy groups -OCH3 is 2. The Bertz CT molecular complexity index is 816. The zero-order valence-electron chi connectivity index (χ0n) is 14.2. The van der Waals surface area contributed by atoms with Gasteiger partial charge in [0.1, 0.15) is 23.3 Å². The van der Waals surface area contributed by atoms with Gasteiger partial charge in [-0.15, -0.1) is 0 Å². The number of nitriles is 1. The third kappa shape index (κ3) is 3.16. The van der Waals surface area contributed by atoms with Crippen molar-refractivity contribution in [2.75, 3.05) is 40.5 Å². The third-order valence-corrected chi connectivity index (χ3v) is 4.15. The fourth-order valence-electron chi connectivity index (χ4n) is 2.84. The number of rotatable bonds is 4. The molecular weight excluding hydrogens is 322 g/mol. The fourth-order valence-corrected chi connectivity index (χ4v) is 2.84. The number of aromatic nitrogens is 1. The van der Waals surface area contributed by atoms with Gasteiger partial charge in [-0.1, -0.05) is 0 Å². The molecule has 7 heteroatoms. The first kappa shape index (κ1) is 16.9.